The van der Waals surface area contributed by atoms with Gasteiger partial charge in [-0.15, -0.1) is 0 Å². The SMILES string of the molecule is Cc1ccc(Cl)cc1N(C)C(=O)Oc1cc(-c2ccc(C)c(C)c2C)nc(Nc2cccc(N3CCN(C)CC3)c2)n1. The summed E-state index contributed by atoms with van der Waals surface area (Å²) < 4.78 is 5.83. The van der Waals surface area contributed by atoms with E-state index in [1.807, 2.05) is 31.2 Å². The first kappa shape index (κ1) is 29.4. The van der Waals surface area contributed by atoms with Crippen molar-refractivity contribution in [2.24, 2.45) is 0 Å². The smallest absolute Gasteiger partial charge is 0.391 e. The number of rotatable bonds is 6. The van der Waals surface area contributed by atoms with Crippen molar-refractivity contribution in [3.63, 3.8) is 0 Å². The Balaban J connectivity index is 1.48. The maximum absolute atomic E-state index is 13.3. The molecule has 0 bridgehead atoms. The minimum atomic E-state index is -0.579. The van der Waals surface area contributed by atoms with Crippen LogP contribution >= 0.6 is 11.6 Å². The van der Waals surface area contributed by atoms with Gasteiger partial charge in [0.15, 0.2) is 0 Å². The Morgan fingerprint density at radius 1 is 0.905 bits per heavy atom. The van der Waals surface area contributed by atoms with E-state index in [-0.39, 0.29) is 5.88 Å². The molecular formula is C33H37ClN6O2. The molecule has 0 atom stereocenters. The van der Waals surface area contributed by atoms with Crippen LogP contribution < -0.4 is 19.9 Å². The Kier molecular flexibility index (Phi) is 8.66. The summed E-state index contributed by atoms with van der Waals surface area (Å²) in [4.78, 5) is 28.9. The van der Waals surface area contributed by atoms with Crippen LogP contribution in [0, 0.1) is 27.7 Å². The zero-order valence-electron chi connectivity index (χ0n) is 25.0. The fourth-order valence-corrected chi connectivity index (χ4v) is 5.25. The average Bonchev–Trinajstić information content (AvgIpc) is 2.97. The number of halogens is 1. The van der Waals surface area contributed by atoms with Crippen LogP contribution in [0.25, 0.3) is 11.3 Å². The predicted molar refractivity (Wildman–Crippen MR) is 172 cm³/mol. The number of anilines is 4. The quantitative estimate of drug-likeness (QED) is 0.258. The first-order valence-corrected chi connectivity index (χ1v) is 14.5. The minimum Gasteiger partial charge on any atom is -0.391 e. The number of aryl methyl sites for hydroxylation is 2. The Morgan fingerprint density at radius 2 is 1.64 bits per heavy atom. The number of hydrogen-bond donors (Lipinski definition) is 1. The summed E-state index contributed by atoms with van der Waals surface area (Å²) in [5.41, 5.74) is 8.66. The number of nitrogens with zero attached hydrogens (tertiary/aromatic N) is 5. The maximum atomic E-state index is 13.3. The standard InChI is InChI=1S/C33H37ClN6O2/c1-21-11-13-28(24(4)23(21)3)29-20-31(42-33(41)39(6)30-18-25(34)12-10-22(30)2)37-32(36-29)35-26-8-7-9-27(19-26)40-16-14-38(5)15-17-40/h7-13,18-20H,14-17H2,1-6H3,(H,35,36,37). The fourth-order valence-electron chi connectivity index (χ4n) is 5.08. The van der Waals surface area contributed by atoms with E-state index in [1.54, 1.807) is 25.2 Å². The summed E-state index contributed by atoms with van der Waals surface area (Å²) in [7, 11) is 3.80. The lowest BCUT2D eigenvalue weighted by Crippen LogP contribution is -2.44. The van der Waals surface area contributed by atoms with Gasteiger partial charge in [-0.3, -0.25) is 4.90 Å². The van der Waals surface area contributed by atoms with Crippen LogP contribution in [0.15, 0.2) is 60.7 Å². The van der Waals surface area contributed by atoms with Crippen LogP contribution in [0.5, 0.6) is 5.88 Å². The van der Waals surface area contributed by atoms with Crippen molar-refractivity contribution in [1.29, 1.82) is 0 Å². The van der Waals surface area contributed by atoms with Crippen LogP contribution in [0.1, 0.15) is 22.3 Å². The topological polar surface area (TPSA) is 73.8 Å². The first-order valence-electron chi connectivity index (χ1n) is 14.1. The lowest BCUT2D eigenvalue weighted by molar-refractivity contribution is 0.207. The third kappa shape index (κ3) is 6.50. The molecule has 1 N–H and O–H groups in total. The minimum absolute atomic E-state index is 0.145. The predicted octanol–water partition coefficient (Wildman–Crippen LogP) is 7.16. The lowest BCUT2D eigenvalue weighted by atomic mass is 9.97. The van der Waals surface area contributed by atoms with Crippen LogP contribution in [-0.4, -0.2) is 61.2 Å². The van der Waals surface area contributed by atoms with Crippen molar-refractivity contribution in [3.8, 4) is 17.1 Å². The second-order valence-corrected chi connectivity index (χ2v) is 11.4. The molecule has 1 aliphatic heterocycles. The number of aromatic nitrogens is 2. The average molecular weight is 585 g/mol. The summed E-state index contributed by atoms with van der Waals surface area (Å²) in [6.07, 6.45) is -0.579. The maximum Gasteiger partial charge on any atom is 0.420 e. The summed E-state index contributed by atoms with van der Waals surface area (Å²) >= 11 is 6.21. The summed E-state index contributed by atoms with van der Waals surface area (Å²) in [5, 5.41) is 3.89. The van der Waals surface area contributed by atoms with Gasteiger partial charge in [0, 0.05) is 61.3 Å². The molecule has 1 aromatic heterocycles. The Morgan fingerprint density at radius 3 is 2.40 bits per heavy atom. The molecule has 9 heteroatoms. The van der Waals surface area contributed by atoms with E-state index in [1.165, 1.54) is 16.0 Å². The van der Waals surface area contributed by atoms with Crippen LogP contribution in [0.3, 0.4) is 0 Å². The molecule has 1 amide bonds. The van der Waals surface area contributed by atoms with Crippen molar-refractivity contribution < 1.29 is 9.53 Å². The van der Waals surface area contributed by atoms with Crippen LogP contribution in [-0.2, 0) is 0 Å². The lowest BCUT2D eigenvalue weighted by Gasteiger charge is -2.34. The van der Waals surface area contributed by atoms with E-state index in [0.29, 0.717) is 22.4 Å². The second kappa shape index (κ2) is 12.4. The number of carbonyl (C=O) groups is 1. The van der Waals surface area contributed by atoms with E-state index >= 15 is 0 Å². The molecule has 4 aromatic rings. The number of benzene rings is 3. The van der Waals surface area contributed by atoms with E-state index < -0.39 is 6.09 Å². The number of carbonyl (C=O) groups excluding carboxylic acids is 1. The van der Waals surface area contributed by atoms with Gasteiger partial charge in [-0.25, -0.2) is 9.78 Å². The second-order valence-electron chi connectivity index (χ2n) is 10.9. The number of likely N-dealkylation sites (N-methyl/N-ethyl adjacent to an activating group) is 1. The monoisotopic (exact) mass is 584 g/mol. The zero-order chi connectivity index (χ0) is 30.0. The third-order valence-electron chi connectivity index (χ3n) is 8.01. The third-order valence-corrected chi connectivity index (χ3v) is 8.24. The van der Waals surface area contributed by atoms with Gasteiger partial charge >= 0.3 is 6.09 Å². The highest BCUT2D eigenvalue weighted by Gasteiger charge is 2.20. The first-order chi connectivity index (χ1) is 20.1. The largest absolute Gasteiger partial charge is 0.420 e. The molecule has 42 heavy (non-hydrogen) atoms. The summed E-state index contributed by atoms with van der Waals surface area (Å²) in [5.74, 6) is 0.483. The van der Waals surface area contributed by atoms with E-state index in [4.69, 9.17) is 21.3 Å². The highest BCUT2D eigenvalue weighted by Crippen LogP contribution is 2.31. The normalized spacial score (nSPS) is 13.6. The van der Waals surface area contributed by atoms with E-state index in [9.17, 15) is 4.79 Å². The Labute approximate surface area is 252 Å². The molecule has 5 rings (SSSR count). The number of nitrogens with one attached hydrogen (secondary N) is 1. The highest BCUT2D eigenvalue weighted by molar-refractivity contribution is 6.31. The van der Waals surface area contributed by atoms with Crippen LogP contribution in [0.4, 0.5) is 27.8 Å². The molecule has 1 fully saturated rings. The molecular weight excluding hydrogens is 548 g/mol. The van der Waals surface area contributed by atoms with Crippen molar-refractivity contribution in [2.75, 3.05) is 55.4 Å². The number of amides is 1. The van der Waals surface area contributed by atoms with Crippen molar-refractivity contribution in [1.82, 2.24) is 14.9 Å². The molecule has 3 aromatic carbocycles. The Bertz CT molecular complexity index is 1620. The van der Waals surface area contributed by atoms with Gasteiger partial charge in [-0.05, 0) is 87.3 Å². The summed E-state index contributed by atoms with van der Waals surface area (Å²) in [6.45, 7) is 12.2. The van der Waals surface area contributed by atoms with Crippen molar-refractivity contribution in [2.45, 2.75) is 27.7 Å². The van der Waals surface area contributed by atoms with E-state index in [2.05, 4.69) is 66.1 Å². The van der Waals surface area contributed by atoms with Gasteiger partial charge in [-0.2, -0.15) is 4.98 Å². The molecule has 0 spiro atoms. The van der Waals surface area contributed by atoms with Crippen molar-refractivity contribution >= 4 is 40.7 Å². The molecule has 218 valence electrons. The van der Waals surface area contributed by atoms with Gasteiger partial charge < -0.3 is 19.9 Å². The van der Waals surface area contributed by atoms with Gasteiger partial charge in [-0.1, -0.05) is 35.9 Å². The zero-order valence-corrected chi connectivity index (χ0v) is 25.8. The molecule has 1 saturated heterocycles. The number of piperazine rings is 1. The van der Waals surface area contributed by atoms with Crippen LogP contribution in [0.2, 0.25) is 5.02 Å². The number of ether oxygens (including phenoxy) is 1. The van der Waals surface area contributed by atoms with Crippen molar-refractivity contribution in [3.05, 3.63) is 87.9 Å². The molecule has 1 aliphatic rings. The van der Waals surface area contributed by atoms with Gasteiger partial charge in [0.05, 0.1) is 11.4 Å². The molecule has 2 heterocycles. The fraction of sp³-hybridized carbons (Fsp3) is 0.303. The molecule has 8 nitrogen and oxygen atoms in total. The molecule has 0 radical (unpaired) electrons. The molecule has 0 unspecified atom stereocenters. The summed E-state index contributed by atoms with van der Waals surface area (Å²) in [6, 6.07) is 19.5. The van der Waals surface area contributed by atoms with E-state index in [0.717, 1.165) is 54.2 Å². The molecule has 0 aliphatic carbocycles. The van der Waals surface area contributed by atoms with Gasteiger partial charge in [0.25, 0.3) is 0 Å². The highest BCUT2D eigenvalue weighted by atomic mass is 35.5. The van der Waals surface area contributed by atoms with Gasteiger partial charge in [0.2, 0.25) is 11.8 Å². The van der Waals surface area contributed by atoms with Gasteiger partial charge in [0.1, 0.15) is 0 Å². The molecule has 0 saturated carbocycles. The Hall–Kier alpha value is -4.14. The number of hydrogen-bond acceptors (Lipinski definition) is 7.